The molecule has 0 bridgehead atoms. The number of nitrogens with two attached hydrogens (primary N) is 1. The van der Waals surface area contributed by atoms with Gasteiger partial charge in [0.15, 0.2) is 0 Å². The van der Waals surface area contributed by atoms with Crippen LogP contribution in [0.15, 0.2) is 24.8 Å². The van der Waals surface area contributed by atoms with Gasteiger partial charge in [0, 0.05) is 12.4 Å². The van der Waals surface area contributed by atoms with Crippen molar-refractivity contribution in [3.05, 3.63) is 30.4 Å². The molecule has 0 aromatic carbocycles. The van der Waals surface area contributed by atoms with E-state index in [9.17, 15) is 4.79 Å². The maximum atomic E-state index is 12.2. The minimum atomic E-state index is -0.339. The highest BCUT2D eigenvalue weighted by Gasteiger charge is 2.21. The lowest BCUT2D eigenvalue weighted by Crippen LogP contribution is -2.46. The van der Waals surface area contributed by atoms with Gasteiger partial charge in [0.25, 0.3) is 5.91 Å². The highest BCUT2D eigenvalue weighted by molar-refractivity contribution is 7.80. The zero-order chi connectivity index (χ0) is 14.0. The van der Waals surface area contributed by atoms with Crippen molar-refractivity contribution in [2.75, 3.05) is 0 Å². The summed E-state index contributed by atoms with van der Waals surface area (Å²) in [5.41, 5.74) is 6.73. The molecule has 0 radical (unpaired) electrons. The van der Waals surface area contributed by atoms with Gasteiger partial charge in [0.1, 0.15) is 0 Å². The summed E-state index contributed by atoms with van der Waals surface area (Å²) in [6, 6.07) is -0.339. The van der Waals surface area contributed by atoms with E-state index in [1.807, 2.05) is 13.8 Å². The molecule has 100 valence electrons. The van der Waals surface area contributed by atoms with Gasteiger partial charge in [-0.2, -0.15) is 5.10 Å². The fourth-order valence-electron chi connectivity index (χ4n) is 1.79. The Balaban J connectivity index is 2.27. The fourth-order valence-corrected chi connectivity index (χ4v) is 2.13. The summed E-state index contributed by atoms with van der Waals surface area (Å²) in [5.74, 6) is -0.129. The van der Waals surface area contributed by atoms with Gasteiger partial charge in [-0.1, -0.05) is 26.1 Å². The number of fused-ring (bicyclic) bond motifs is 1. The molecule has 0 fully saturated rings. The lowest BCUT2D eigenvalue weighted by molar-refractivity contribution is 0.0941. The summed E-state index contributed by atoms with van der Waals surface area (Å²) in [4.78, 5) is 16.5. The van der Waals surface area contributed by atoms with Crippen molar-refractivity contribution < 1.29 is 4.79 Å². The zero-order valence-corrected chi connectivity index (χ0v) is 11.5. The number of carbonyl (C=O) groups is 1. The molecule has 1 unspecified atom stereocenters. The second-order valence-electron chi connectivity index (χ2n) is 4.56. The molecule has 2 heterocycles. The molecule has 0 aliphatic heterocycles. The lowest BCUT2D eigenvalue weighted by Gasteiger charge is -2.20. The van der Waals surface area contributed by atoms with Gasteiger partial charge >= 0.3 is 0 Å². The second kappa shape index (κ2) is 5.31. The summed E-state index contributed by atoms with van der Waals surface area (Å²) in [5, 5.41) is 6.91. The van der Waals surface area contributed by atoms with Crippen LogP contribution >= 0.6 is 12.2 Å². The van der Waals surface area contributed by atoms with Crippen molar-refractivity contribution in [1.82, 2.24) is 19.9 Å². The van der Waals surface area contributed by atoms with Crippen LogP contribution in [0, 0.1) is 5.92 Å². The van der Waals surface area contributed by atoms with Crippen LogP contribution in [0.3, 0.4) is 0 Å². The molecular formula is C12H15N5OS. The van der Waals surface area contributed by atoms with Crippen LogP contribution in [0.2, 0.25) is 0 Å². The Kier molecular flexibility index (Phi) is 3.75. The Bertz CT molecular complexity index is 621. The number of aromatic nitrogens is 3. The Hall–Kier alpha value is -2.02. The standard InChI is InChI=1S/C12H15N5OS/c1-7(2)10(11(13)19)16-12(18)8-5-15-17-4-3-14-6-9(8)17/h3-7,10H,1-2H3,(H2,13,19)(H,16,18). The van der Waals surface area contributed by atoms with Crippen molar-refractivity contribution in [2.24, 2.45) is 11.7 Å². The van der Waals surface area contributed by atoms with Gasteiger partial charge in [-0.25, -0.2) is 4.52 Å². The second-order valence-corrected chi connectivity index (χ2v) is 5.03. The van der Waals surface area contributed by atoms with Crippen LogP contribution in [0.1, 0.15) is 24.2 Å². The smallest absolute Gasteiger partial charge is 0.255 e. The van der Waals surface area contributed by atoms with E-state index in [4.69, 9.17) is 18.0 Å². The van der Waals surface area contributed by atoms with Crippen LogP contribution in [-0.2, 0) is 0 Å². The largest absolute Gasteiger partial charge is 0.392 e. The molecule has 1 amide bonds. The molecule has 3 N–H and O–H groups in total. The molecular weight excluding hydrogens is 262 g/mol. The van der Waals surface area contributed by atoms with E-state index in [0.717, 1.165) is 0 Å². The highest BCUT2D eigenvalue weighted by atomic mass is 32.1. The molecule has 6 nitrogen and oxygen atoms in total. The number of amides is 1. The Morgan fingerprint density at radius 3 is 2.84 bits per heavy atom. The van der Waals surface area contributed by atoms with E-state index in [-0.39, 0.29) is 22.9 Å². The highest BCUT2D eigenvalue weighted by Crippen LogP contribution is 2.10. The van der Waals surface area contributed by atoms with Crippen molar-refractivity contribution in [3.8, 4) is 0 Å². The third kappa shape index (κ3) is 2.70. The monoisotopic (exact) mass is 277 g/mol. The quantitative estimate of drug-likeness (QED) is 0.806. The fraction of sp³-hybridized carbons (Fsp3) is 0.333. The molecule has 2 rings (SSSR count). The number of nitrogens with zero attached hydrogens (tertiary/aromatic N) is 3. The lowest BCUT2D eigenvalue weighted by atomic mass is 10.0. The van der Waals surface area contributed by atoms with Crippen LogP contribution in [0.25, 0.3) is 5.52 Å². The van der Waals surface area contributed by atoms with Gasteiger partial charge in [0.2, 0.25) is 0 Å². The SMILES string of the molecule is CC(C)C(NC(=O)c1cnn2ccncc12)C(N)=S. The van der Waals surface area contributed by atoms with E-state index in [2.05, 4.69) is 15.4 Å². The summed E-state index contributed by atoms with van der Waals surface area (Å²) >= 11 is 4.97. The molecule has 0 saturated heterocycles. The third-order valence-electron chi connectivity index (χ3n) is 2.83. The number of rotatable bonds is 4. The van der Waals surface area contributed by atoms with Gasteiger partial charge < -0.3 is 11.1 Å². The van der Waals surface area contributed by atoms with E-state index in [1.165, 1.54) is 6.20 Å². The predicted molar refractivity (Wildman–Crippen MR) is 75.9 cm³/mol. The molecule has 1 atom stereocenters. The normalized spacial score (nSPS) is 12.6. The molecule has 2 aromatic rings. The summed E-state index contributed by atoms with van der Waals surface area (Å²) in [6.07, 6.45) is 6.38. The average molecular weight is 277 g/mol. The van der Waals surface area contributed by atoms with E-state index >= 15 is 0 Å². The third-order valence-corrected chi connectivity index (χ3v) is 3.08. The molecule has 0 saturated carbocycles. The first-order valence-corrected chi connectivity index (χ1v) is 6.29. The van der Waals surface area contributed by atoms with Gasteiger partial charge in [-0.05, 0) is 5.92 Å². The number of thiocarbonyl (C=S) groups is 1. The number of carbonyl (C=O) groups excluding carboxylic acids is 1. The maximum absolute atomic E-state index is 12.2. The minimum Gasteiger partial charge on any atom is -0.392 e. The van der Waals surface area contributed by atoms with Gasteiger partial charge in [-0.15, -0.1) is 0 Å². The van der Waals surface area contributed by atoms with Crippen LogP contribution in [0.5, 0.6) is 0 Å². The van der Waals surface area contributed by atoms with Crippen molar-refractivity contribution in [1.29, 1.82) is 0 Å². The maximum Gasteiger partial charge on any atom is 0.255 e. The predicted octanol–water partition coefficient (Wildman–Crippen LogP) is 0.770. The summed E-state index contributed by atoms with van der Waals surface area (Å²) < 4.78 is 1.59. The molecule has 2 aromatic heterocycles. The van der Waals surface area contributed by atoms with Crippen LogP contribution < -0.4 is 11.1 Å². The molecule has 0 aliphatic carbocycles. The van der Waals surface area contributed by atoms with E-state index in [0.29, 0.717) is 11.1 Å². The van der Waals surface area contributed by atoms with E-state index in [1.54, 1.807) is 23.1 Å². The number of nitrogens with one attached hydrogen (secondary N) is 1. The average Bonchev–Trinajstić information content (AvgIpc) is 2.78. The van der Waals surface area contributed by atoms with Crippen LogP contribution in [0.4, 0.5) is 0 Å². The topological polar surface area (TPSA) is 85.3 Å². The molecule has 19 heavy (non-hydrogen) atoms. The number of hydrogen-bond acceptors (Lipinski definition) is 4. The number of hydrogen-bond donors (Lipinski definition) is 2. The first kappa shape index (κ1) is 13.4. The zero-order valence-electron chi connectivity index (χ0n) is 10.7. The Morgan fingerprint density at radius 1 is 1.47 bits per heavy atom. The molecule has 0 spiro atoms. The molecule has 0 aliphatic rings. The van der Waals surface area contributed by atoms with Crippen molar-refractivity contribution in [2.45, 2.75) is 19.9 Å². The Morgan fingerprint density at radius 2 is 2.21 bits per heavy atom. The van der Waals surface area contributed by atoms with Crippen molar-refractivity contribution >= 4 is 28.6 Å². The van der Waals surface area contributed by atoms with Crippen molar-refractivity contribution in [3.63, 3.8) is 0 Å². The first-order valence-electron chi connectivity index (χ1n) is 5.88. The first-order chi connectivity index (χ1) is 9.00. The van der Waals surface area contributed by atoms with E-state index < -0.39 is 0 Å². The molecule has 7 heteroatoms. The van der Waals surface area contributed by atoms with Crippen LogP contribution in [-0.4, -0.2) is 31.5 Å². The van der Waals surface area contributed by atoms with Gasteiger partial charge in [-0.3, -0.25) is 9.78 Å². The minimum absolute atomic E-state index is 0.126. The summed E-state index contributed by atoms with van der Waals surface area (Å²) in [7, 11) is 0. The van der Waals surface area contributed by atoms with Gasteiger partial charge in [0.05, 0.1) is 34.5 Å². The Labute approximate surface area is 116 Å². The summed E-state index contributed by atoms with van der Waals surface area (Å²) in [6.45, 7) is 3.89.